The minimum absolute atomic E-state index is 0.238. The molecule has 1 unspecified atom stereocenters. The molecular formula is C17H24O2. The van der Waals surface area contributed by atoms with Crippen LogP contribution >= 0.6 is 0 Å². The Balaban J connectivity index is 2.16. The molecule has 0 aromatic heterocycles. The second-order valence-electron chi connectivity index (χ2n) is 5.84. The van der Waals surface area contributed by atoms with E-state index >= 15 is 0 Å². The molecule has 1 aromatic rings. The summed E-state index contributed by atoms with van der Waals surface area (Å²) in [4.78, 5) is 11.9. The van der Waals surface area contributed by atoms with Crippen LogP contribution in [0.3, 0.4) is 0 Å². The van der Waals surface area contributed by atoms with E-state index in [1.165, 1.54) is 17.5 Å². The van der Waals surface area contributed by atoms with Crippen LogP contribution in [0.1, 0.15) is 56.6 Å². The highest BCUT2D eigenvalue weighted by Gasteiger charge is 2.22. The molecule has 0 spiro atoms. The van der Waals surface area contributed by atoms with Crippen molar-refractivity contribution in [3.63, 3.8) is 0 Å². The van der Waals surface area contributed by atoms with Gasteiger partial charge in [-0.05, 0) is 42.4 Å². The Morgan fingerprint density at radius 3 is 2.74 bits per heavy atom. The molecule has 2 nitrogen and oxygen atoms in total. The van der Waals surface area contributed by atoms with Gasteiger partial charge in [-0.2, -0.15) is 0 Å². The van der Waals surface area contributed by atoms with E-state index in [9.17, 15) is 4.79 Å². The lowest BCUT2D eigenvalue weighted by molar-refractivity contribution is -0.124. The second kappa shape index (κ2) is 6.23. The van der Waals surface area contributed by atoms with Gasteiger partial charge in [-0.1, -0.05) is 32.4 Å². The molecular weight excluding hydrogens is 236 g/mol. The molecule has 0 radical (unpaired) electrons. The smallest absolute Gasteiger partial charge is 0.136 e. The first kappa shape index (κ1) is 14.1. The number of carbonyl (C=O) groups excluding carboxylic acids is 1. The van der Waals surface area contributed by atoms with Crippen LogP contribution in [-0.2, 0) is 11.2 Å². The third kappa shape index (κ3) is 3.37. The molecule has 104 valence electrons. The van der Waals surface area contributed by atoms with E-state index < -0.39 is 0 Å². The van der Waals surface area contributed by atoms with Crippen molar-refractivity contribution in [1.82, 2.24) is 0 Å². The molecule has 0 bridgehead atoms. The van der Waals surface area contributed by atoms with Crippen LogP contribution in [-0.4, -0.2) is 12.9 Å². The van der Waals surface area contributed by atoms with Gasteiger partial charge >= 0.3 is 0 Å². The molecule has 2 heteroatoms. The highest BCUT2D eigenvalue weighted by molar-refractivity contribution is 5.81. The first-order valence-corrected chi connectivity index (χ1v) is 7.31. The molecule has 1 atom stereocenters. The van der Waals surface area contributed by atoms with Crippen molar-refractivity contribution in [2.45, 2.75) is 51.9 Å². The van der Waals surface area contributed by atoms with E-state index in [4.69, 9.17) is 4.74 Å². The van der Waals surface area contributed by atoms with Crippen LogP contribution in [0.2, 0.25) is 0 Å². The summed E-state index contributed by atoms with van der Waals surface area (Å²) in [5, 5.41) is 0. The average Bonchev–Trinajstić information content (AvgIpc) is 2.41. The zero-order valence-corrected chi connectivity index (χ0v) is 12.2. The number of ketones is 1. The van der Waals surface area contributed by atoms with Crippen molar-refractivity contribution < 1.29 is 9.53 Å². The Morgan fingerprint density at radius 2 is 2.11 bits per heavy atom. The van der Waals surface area contributed by atoms with Crippen LogP contribution in [0, 0.1) is 5.92 Å². The molecule has 2 rings (SSSR count). The van der Waals surface area contributed by atoms with Gasteiger partial charge in [0.15, 0.2) is 0 Å². The van der Waals surface area contributed by atoms with Gasteiger partial charge in [-0.15, -0.1) is 0 Å². The van der Waals surface area contributed by atoms with Gasteiger partial charge in [-0.3, -0.25) is 4.79 Å². The maximum atomic E-state index is 11.9. The molecule has 0 heterocycles. The van der Waals surface area contributed by atoms with Crippen LogP contribution in [0.25, 0.3) is 0 Å². The highest BCUT2D eigenvalue weighted by atomic mass is 16.5. The second-order valence-corrected chi connectivity index (χ2v) is 5.84. The van der Waals surface area contributed by atoms with Crippen LogP contribution in [0.5, 0.6) is 5.75 Å². The Morgan fingerprint density at radius 1 is 1.32 bits per heavy atom. The molecule has 0 aliphatic heterocycles. The molecule has 1 aromatic carbocycles. The molecule has 1 fully saturated rings. The molecule has 1 saturated carbocycles. The van der Waals surface area contributed by atoms with E-state index in [1.54, 1.807) is 7.11 Å². The van der Waals surface area contributed by atoms with Crippen molar-refractivity contribution in [2.75, 3.05) is 7.11 Å². The van der Waals surface area contributed by atoms with Gasteiger partial charge < -0.3 is 4.74 Å². The Kier molecular flexibility index (Phi) is 4.62. The van der Waals surface area contributed by atoms with E-state index in [0.29, 0.717) is 11.7 Å². The predicted octanol–water partition coefficient (Wildman–Crippen LogP) is 4.12. The average molecular weight is 260 g/mol. The van der Waals surface area contributed by atoms with Crippen LogP contribution in [0.15, 0.2) is 18.2 Å². The van der Waals surface area contributed by atoms with Gasteiger partial charge in [-0.25, -0.2) is 0 Å². The van der Waals surface area contributed by atoms with Crippen molar-refractivity contribution >= 4 is 5.78 Å². The molecule has 1 aliphatic carbocycles. The number of benzene rings is 1. The highest BCUT2D eigenvalue weighted by Crippen LogP contribution is 2.30. The summed E-state index contributed by atoms with van der Waals surface area (Å²) in [6.07, 6.45) is 5.00. The summed E-state index contributed by atoms with van der Waals surface area (Å²) in [6.45, 7) is 4.35. The third-order valence-electron chi connectivity index (χ3n) is 4.08. The van der Waals surface area contributed by atoms with Crippen LogP contribution < -0.4 is 4.74 Å². The predicted molar refractivity (Wildman–Crippen MR) is 77.8 cm³/mol. The number of hydrogen-bond acceptors (Lipinski definition) is 2. The first-order valence-electron chi connectivity index (χ1n) is 7.31. The first-order chi connectivity index (χ1) is 9.11. The Bertz CT molecular complexity index is 449. The summed E-state index contributed by atoms with van der Waals surface area (Å²) >= 11 is 0. The van der Waals surface area contributed by atoms with Gasteiger partial charge in [0, 0.05) is 12.3 Å². The van der Waals surface area contributed by atoms with E-state index in [-0.39, 0.29) is 5.92 Å². The minimum atomic E-state index is 0.238. The molecule has 19 heavy (non-hydrogen) atoms. The standard InChI is InChI=1S/C17H24O2/c1-12(2)15-11-13(8-9-17(15)19-3)10-14-6-4-5-7-16(14)18/h8-9,11-12,14H,4-7,10H2,1-3H3. The van der Waals surface area contributed by atoms with E-state index in [1.807, 2.05) is 6.07 Å². The van der Waals surface area contributed by atoms with Gasteiger partial charge in [0.25, 0.3) is 0 Å². The molecule has 0 amide bonds. The lowest BCUT2D eigenvalue weighted by atomic mass is 9.83. The largest absolute Gasteiger partial charge is 0.496 e. The number of Topliss-reactive ketones (excluding diaryl/α,β-unsaturated/α-hetero) is 1. The number of rotatable bonds is 4. The fraction of sp³-hybridized carbons (Fsp3) is 0.588. The molecule has 0 N–H and O–H groups in total. The summed E-state index contributed by atoms with van der Waals surface area (Å²) in [5.41, 5.74) is 2.51. The van der Waals surface area contributed by atoms with Crippen molar-refractivity contribution in [3.8, 4) is 5.75 Å². The maximum absolute atomic E-state index is 11.9. The summed E-state index contributed by atoms with van der Waals surface area (Å²) < 4.78 is 5.41. The lowest BCUT2D eigenvalue weighted by Gasteiger charge is -2.21. The van der Waals surface area contributed by atoms with Gasteiger partial charge in [0.05, 0.1) is 7.11 Å². The Hall–Kier alpha value is -1.31. The monoisotopic (exact) mass is 260 g/mol. The van der Waals surface area contributed by atoms with Crippen LogP contribution in [0.4, 0.5) is 0 Å². The molecule has 1 aliphatic rings. The summed E-state index contributed by atoms with van der Waals surface area (Å²) in [7, 11) is 1.71. The normalized spacial score (nSPS) is 19.8. The lowest BCUT2D eigenvalue weighted by Crippen LogP contribution is -2.21. The number of methoxy groups -OCH3 is 1. The van der Waals surface area contributed by atoms with Gasteiger partial charge in [0.1, 0.15) is 11.5 Å². The van der Waals surface area contributed by atoms with Crippen molar-refractivity contribution in [1.29, 1.82) is 0 Å². The van der Waals surface area contributed by atoms with Crippen molar-refractivity contribution in [3.05, 3.63) is 29.3 Å². The summed E-state index contributed by atoms with van der Waals surface area (Å²) in [6, 6.07) is 6.36. The molecule has 0 saturated heterocycles. The van der Waals surface area contributed by atoms with E-state index in [0.717, 1.165) is 31.4 Å². The zero-order valence-electron chi connectivity index (χ0n) is 12.2. The Labute approximate surface area is 116 Å². The summed E-state index contributed by atoms with van der Waals surface area (Å²) in [5.74, 6) is 2.08. The topological polar surface area (TPSA) is 26.3 Å². The van der Waals surface area contributed by atoms with Gasteiger partial charge in [0.2, 0.25) is 0 Å². The third-order valence-corrected chi connectivity index (χ3v) is 4.08. The number of ether oxygens (including phenoxy) is 1. The fourth-order valence-corrected chi connectivity index (χ4v) is 2.92. The van der Waals surface area contributed by atoms with E-state index in [2.05, 4.69) is 26.0 Å². The number of carbonyl (C=O) groups is 1. The SMILES string of the molecule is COc1ccc(CC2CCCCC2=O)cc1C(C)C. The quantitative estimate of drug-likeness (QED) is 0.814. The minimum Gasteiger partial charge on any atom is -0.496 e. The zero-order chi connectivity index (χ0) is 13.8. The van der Waals surface area contributed by atoms with Crippen molar-refractivity contribution in [2.24, 2.45) is 5.92 Å². The fourth-order valence-electron chi connectivity index (χ4n) is 2.92. The number of hydrogen-bond donors (Lipinski definition) is 0. The maximum Gasteiger partial charge on any atom is 0.136 e.